The third-order valence-electron chi connectivity index (χ3n) is 2.71. The monoisotopic (exact) mass is 311 g/mol. The van der Waals surface area contributed by atoms with Crippen molar-refractivity contribution >= 4 is 21.9 Å². The Kier molecular flexibility index (Phi) is 4.19. The minimum Gasteiger partial charge on any atom is -0.477 e. The number of aromatic nitrogens is 3. The molecular formula is C12H14BrN3O2. The maximum Gasteiger partial charge on any atom is 0.352 e. The van der Waals surface area contributed by atoms with Gasteiger partial charge in [0.1, 0.15) is 5.69 Å². The van der Waals surface area contributed by atoms with Crippen molar-refractivity contribution in [3.8, 4) is 0 Å². The van der Waals surface area contributed by atoms with Crippen LogP contribution in [0.5, 0.6) is 0 Å². The molecule has 0 aliphatic heterocycles. The summed E-state index contributed by atoms with van der Waals surface area (Å²) in [5, 5.41) is 9.03. The summed E-state index contributed by atoms with van der Waals surface area (Å²) in [4.78, 5) is 15.0. The zero-order chi connectivity index (χ0) is 13.0. The Morgan fingerprint density at radius 1 is 1.39 bits per heavy atom. The molecule has 0 bridgehead atoms. The van der Waals surface area contributed by atoms with Gasteiger partial charge in [0.2, 0.25) is 0 Å². The number of imidazole rings is 1. The zero-order valence-electron chi connectivity index (χ0n) is 9.79. The molecule has 1 N–H and O–H groups in total. The highest BCUT2D eigenvalue weighted by molar-refractivity contribution is 9.10. The van der Waals surface area contributed by atoms with Gasteiger partial charge in [0, 0.05) is 36.2 Å². The Balaban J connectivity index is 1.84. The molecule has 0 aliphatic carbocycles. The Morgan fingerprint density at radius 2 is 2.17 bits per heavy atom. The molecule has 18 heavy (non-hydrogen) atoms. The van der Waals surface area contributed by atoms with Crippen LogP contribution < -0.4 is 0 Å². The smallest absolute Gasteiger partial charge is 0.352 e. The van der Waals surface area contributed by atoms with Crippen LogP contribution in [0.4, 0.5) is 0 Å². The van der Waals surface area contributed by atoms with Crippen LogP contribution >= 0.6 is 15.9 Å². The highest BCUT2D eigenvalue weighted by atomic mass is 79.9. The number of aromatic carboxylic acids is 1. The van der Waals surface area contributed by atoms with Gasteiger partial charge in [-0.05, 0) is 34.8 Å². The molecule has 2 aromatic rings. The minimum atomic E-state index is -0.893. The molecule has 96 valence electrons. The fourth-order valence-electron chi connectivity index (χ4n) is 1.83. The second-order valence-corrected chi connectivity index (χ2v) is 4.97. The van der Waals surface area contributed by atoms with Crippen molar-refractivity contribution in [3.05, 3.63) is 41.2 Å². The van der Waals surface area contributed by atoms with Gasteiger partial charge < -0.3 is 14.2 Å². The van der Waals surface area contributed by atoms with E-state index in [-0.39, 0.29) is 0 Å². The van der Waals surface area contributed by atoms with Crippen molar-refractivity contribution in [2.75, 3.05) is 0 Å². The zero-order valence-corrected chi connectivity index (χ0v) is 11.4. The van der Waals surface area contributed by atoms with Crippen molar-refractivity contribution < 1.29 is 9.90 Å². The largest absolute Gasteiger partial charge is 0.477 e. The molecule has 2 rings (SSSR count). The number of hydrogen-bond donors (Lipinski definition) is 1. The number of carbonyl (C=O) groups is 1. The van der Waals surface area contributed by atoms with Gasteiger partial charge in [-0.1, -0.05) is 0 Å². The van der Waals surface area contributed by atoms with E-state index in [1.165, 1.54) is 0 Å². The number of unbranched alkanes of at least 4 members (excludes halogenated alkanes) is 1. The number of nitrogens with zero attached hydrogens (tertiary/aromatic N) is 3. The Labute approximate surface area is 113 Å². The SMILES string of the molecule is O=C(O)c1cc(Br)cn1CCCCn1ccnc1. The first-order valence-electron chi connectivity index (χ1n) is 5.71. The van der Waals surface area contributed by atoms with Gasteiger partial charge in [-0.25, -0.2) is 9.78 Å². The molecule has 2 aromatic heterocycles. The number of aryl methyl sites for hydroxylation is 2. The Hall–Kier alpha value is -1.56. The second kappa shape index (κ2) is 5.86. The Bertz CT molecular complexity index is 519. The molecule has 0 saturated heterocycles. The quantitative estimate of drug-likeness (QED) is 0.834. The van der Waals surface area contributed by atoms with Gasteiger partial charge in [-0.3, -0.25) is 0 Å². The molecule has 0 unspecified atom stereocenters. The molecule has 6 heteroatoms. The standard InChI is InChI=1S/C12H14BrN3O2/c13-10-7-11(12(17)18)16(8-10)5-2-1-4-15-6-3-14-9-15/h3,6-9H,1-2,4-5H2,(H,17,18). The van der Waals surface area contributed by atoms with Crippen LogP contribution in [0.25, 0.3) is 0 Å². The summed E-state index contributed by atoms with van der Waals surface area (Å²) in [5.41, 5.74) is 0.324. The molecule has 0 atom stereocenters. The topological polar surface area (TPSA) is 60.0 Å². The lowest BCUT2D eigenvalue weighted by Gasteiger charge is -2.06. The van der Waals surface area contributed by atoms with E-state index >= 15 is 0 Å². The van der Waals surface area contributed by atoms with Crippen molar-refractivity contribution in [2.24, 2.45) is 0 Å². The highest BCUT2D eigenvalue weighted by Gasteiger charge is 2.10. The number of rotatable bonds is 6. The lowest BCUT2D eigenvalue weighted by atomic mass is 10.3. The minimum absolute atomic E-state index is 0.324. The summed E-state index contributed by atoms with van der Waals surface area (Å²) in [6.07, 6.45) is 9.20. The molecule has 0 aromatic carbocycles. The molecular weight excluding hydrogens is 298 g/mol. The van der Waals surface area contributed by atoms with Gasteiger partial charge in [0.15, 0.2) is 0 Å². The first kappa shape index (κ1) is 12.9. The predicted molar refractivity (Wildman–Crippen MR) is 70.6 cm³/mol. The molecule has 0 saturated carbocycles. The molecule has 0 amide bonds. The molecule has 0 fully saturated rings. The van der Waals surface area contributed by atoms with E-state index in [1.807, 2.05) is 10.8 Å². The van der Waals surface area contributed by atoms with Crippen molar-refractivity contribution in [2.45, 2.75) is 25.9 Å². The normalized spacial score (nSPS) is 10.7. The van der Waals surface area contributed by atoms with Gasteiger partial charge in [-0.2, -0.15) is 0 Å². The molecule has 0 spiro atoms. The summed E-state index contributed by atoms with van der Waals surface area (Å²) < 4.78 is 4.58. The van der Waals surface area contributed by atoms with Crippen molar-refractivity contribution in [1.29, 1.82) is 0 Å². The van der Waals surface area contributed by atoms with E-state index in [4.69, 9.17) is 5.11 Å². The lowest BCUT2D eigenvalue weighted by molar-refractivity contribution is 0.0685. The third kappa shape index (κ3) is 3.22. The molecule has 0 aliphatic rings. The van der Waals surface area contributed by atoms with Gasteiger partial charge in [0.05, 0.1) is 6.33 Å². The third-order valence-corrected chi connectivity index (χ3v) is 3.14. The van der Waals surface area contributed by atoms with E-state index in [0.717, 1.165) is 23.9 Å². The summed E-state index contributed by atoms with van der Waals surface area (Å²) in [6, 6.07) is 1.62. The van der Waals surface area contributed by atoms with E-state index in [9.17, 15) is 4.79 Å². The van der Waals surface area contributed by atoms with Crippen LogP contribution in [-0.2, 0) is 13.1 Å². The molecule has 5 nitrogen and oxygen atoms in total. The van der Waals surface area contributed by atoms with Crippen molar-refractivity contribution in [3.63, 3.8) is 0 Å². The Morgan fingerprint density at radius 3 is 2.83 bits per heavy atom. The molecule has 0 radical (unpaired) electrons. The number of carboxylic acid groups (broad SMARTS) is 1. The maximum atomic E-state index is 11.0. The van der Waals surface area contributed by atoms with Crippen LogP contribution in [0.1, 0.15) is 23.3 Å². The average Bonchev–Trinajstić information content (AvgIpc) is 2.93. The van der Waals surface area contributed by atoms with E-state index < -0.39 is 5.97 Å². The van der Waals surface area contributed by atoms with Gasteiger partial charge >= 0.3 is 5.97 Å². The number of halogens is 1. The summed E-state index contributed by atoms with van der Waals surface area (Å²) >= 11 is 3.30. The van der Waals surface area contributed by atoms with E-state index in [0.29, 0.717) is 12.2 Å². The van der Waals surface area contributed by atoms with Gasteiger partial charge in [0.25, 0.3) is 0 Å². The average molecular weight is 312 g/mol. The van der Waals surface area contributed by atoms with Crippen LogP contribution in [-0.4, -0.2) is 25.2 Å². The van der Waals surface area contributed by atoms with Crippen molar-refractivity contribution in [1.82, 2.24) is 14.1 Å². The first-order chi connectivity index (χ1) is 8.66. The second-order valence-electron chi connectivity index (χ2n) is 4.05. The predicted octanol–water partition coefficient (Wildman–Crippen LogP) is 2.63. The maximum absolute atomic E-state index is 11.0. The lowest BCUT2D eigenvalue weighted by Crippen LogP contribution is -2.08. The summed E-state index contributed by atoms with van der Waals surface area (Å²) in [5.74, 6) is -0.893. The molecule has 2 heterocycles. The number of carboxylic acids is 1. The fraction of sp³-hybridized carbons (Fsp3) is 0.333. The van der Waals surface area contributed by atoms with Gasteiger partial charge in [-0.15, -0.1) is 0 Å². The van der Waals surface area contributed by atoms with Crippen LogP contribution in [0.2, 0.25) is 0 Å². The summed E-state index contributed by atoms with van der Waals surface area (Å²) in [7, 11) is 0. The number of hydrogen-bond acceptors (Lipinski definition) is 2. The fourth-order valence-corrected chi connectivity index (χ4v) is 2.30. The first-order valence-corrected chi connectivity index (χ1v) is 6.51. The van der Waals surface area contributed by atoms with Crippen LogP contribution in [0.3, 0.4) is 0 Å². The van der Waals surface area contributed by atoms with Crippen LogP contribution in [0, 0.1) is 0 Å². The highest BCUT2D eigenvalue weighted by Crippen LogP contribution is 2.16. The van der Waals surface area contributed by atoms with E-state index in [1.54, 1.807) is 29.4 Å². The summed E-state index contributed by atoms with van der Waals surface area (Å²) in [6.45, 7) is 1.62. The van der Waals surface area contributed by atoms with Crippen LogP contribution in [0.15, 0.2) is 35.5 Å². The van der Waals surface area contributed by atoms with E-state index in [2.05, 4.69) is 20.9 Å².